The SMILES string of the molecule is CC.CC(C)(C)C1CCC(=O)NC1=O. The maximum Gasteiger partial charge on any atom is 0.230 e. The van der Waals surface area contributed by atoms with E-state index in [4.69, 9.17) is 0 Å². The summed E-state index contributed by atoms with van der Waals surface area (Å²) in [6, 6.07) is 0. The molecule has 0 radical (unpaired) electrons. The monoisotopic (exact) mass is 199 g/mol. The van der Waals surface area contributed by atoms with Gasteiger partial charge in [0.05, 0.1) is 0 Å². The molecule has 1 saturated heterocycles. The first-order chi connectivity index (χ1) is 6.41. The Kier molecular flexibility index (Phi) is 4.81. The van der Waals surface area contributed by atoms with Gasteiger partial charge in [-0.1, -0.05) is 34.6 Å². The smallest absolute Gasteiger partial charge is 0.230 e. The second kappa shape index (κ2) is 5.13. The van der Waals surface area contributed by atoms with Gasteiger partial charge in [-0.15, -0.1) is 0 Å². The molecule has 2 amide bonds. The van der Waals surface area contributed by atoms with Crippen molar-refractivity contribution < 1.29 is 9.59 Å². The molecule has 1 fully saturated rings. The van der Waals surface area contributed by atoms with Crippen molar-refractivity contribution in [3.05, 3.63) is 0 Å². The highest BCUT2D eigenvalue weighted by Crippen LogP contribution is 2.31. The van der Waals surface area contributed by atoms with Gasteiger partial charge in [0.25, 0.3) is 0 Å². The fourth-order valence-corrected chi connectivity index (χ4v) is 1.52. The molecule has 1 atom stereocenters. The van der Waals surface area contributed by atoms with Gasteiger partial charge in [0.1, 0.15) is 0 Å². The van der Waals surface area contributed by atoms with Crippen LogP contribution >= 0.6 is 0 Å². The second-order valence-electron chi connectivity index (χ2n) is 4.37. The number of hydrogen-bond acceptors (Lipinski definition) is 2. The summed E-state index contributed by atoms with van der Waals surface area (Å²) in [5, 5.41) is 2.36. The largest absolute Gasteiger partial charge is 0.296 e. The van der Waals surface area contributed by atoms with Crippen LogP contribution in [-0.4, -0.2) is 11.8 Å². The normalized spacial score (nSPS) is 22.2. The van der Waals surface area contributed by atoms with Gasteiger partial charge in [0, 0.05) is 12.3 Å². The molecular weight excluding hydrogens is 178 g/mol. The number of carbonyl (C=O) groups is 2. The van der Waals surface area contributed by atoms with Gasteiger partial charge < -0.3 is 0 Å². The fourth-order valence-electron chi connectivity index (χ4n) is 1.52. The minimum absolute atomic E-state index is 0.0183. The van der Waals surface area contributed by atoms with Gasteiger partial charge in [0.2, 0.25) is 11.8 Å². The van der Waals surface area contributed by atoms with Crippen LogP contribution in [0, 0.1) is 11.3 Å². The van der Waals surface area contributed by atoms with E-state index >= 15 is 0 Å². The highest BCUT2D eigenvalue weighted by atomic mass is 16.2. The Morgan fingerprint density at radius 3 is 2.07 bits per heavy atom. The third-order valence-electron chi connectivity index (χ3n) is 2.28. The van der Waals surface area contributed by atoms with Crippen LogP contribution < -0.4 is 5.32 Å². The predicted octanol–water partition coefficient (Wildman–Crippen LogP) is 2.11. The van der Waals surface area contributed by atoms with Crippen molar-refractivity contribution in [3.63, 3.8) is 0 Å². The number of nitrogens with one attached hydrogen (secondary N) is 1. The van der Waals surface area contributed by atoms with Gasteiger partial charge in [-0.05, 0) is 11.8 Å². The first-order valence-electron chi connectivity index (χ1n) is 5.25. The lowest BCUT2D eigenvalue weighted by atomic mass is 9.76. The predicted molar refractivity (Wildman–Crippen MR) is 56.7 cm³/mol. The molecule has 1 heterocycles. The lowest BCUT2D eigenvalue weighted by Crippen LogP contribution is -2.45. The summed E-state index contributed by atoms with van der Waals surface area (Å²) in [6.07, 6.45) is 1.17. The minimum atomic E-state index is -0.138. The molecule has 0 aromatic rings. The average molecular weight is 199 g/mol. The van der Waals surface area contributed by atoms with Crippen LogP contribution in [0.25, 0.3) is 0 Å². The minimum Gasteiger partial charge on any atom is -0.296 e. The van der Waals surface area contributed by atoms with Crippen molar-refractivity contribution in [2.24, 2.45) is 11.3 Å². The highest BCUT2D eigenvalue weighted by Gasteiger charge is 2.35. The number of carbonyl (C=O) groups excluding carboxylic acids is 2. The van der Waals surface area contributed by atoms with E-state index in [0.29, 0.717) is 12.8 Å². The third-order valence-corrected chi connectivity index (χ3v) is 2.28. The fraction of sp³-hybridized carbons (Fsp3) is 0.818. The Morgan fingerprint density at radius 1 is 1.21 bits per heavy atom. The molecule has 3 heteroatoms. The Morgan fingerprint density at radius 2 is 1.71 bits per heavy atom. The zero-order valence-electron chi connectivity index (χ0n) is 9.81. The topological polar surface area (TPSA) is 46.2 Å². The van der Waals surface area contributed by atoms with Crippen molar-refractivity contribution >= 4 is 11.8 Å². The molecule has 0 bridgehead atoms. The maximum atomic E-state index is 11.3. The number of amides is 2. The molecule has 1 aliphatic rings. The van der Waals surface area contributed by atoms with Crippen LogP contribution in [0.3, 0.4) is 0 Å². The first kappa shape index (κ1) is 13.1. The van der Waals surface area contributed by atoms with E-state index in [1.54, 1.807) is 0 Å². The summed E-state index contributed by atoms with van der Waals surface area (Å²) < 4.78 is 0. The summed E-state index contributed by atoms with van der Waals surface area (Å²) in [5.41, 5.74) is -0.0369. The van der Waals surface area contributed by atoms with Crippen molar-refractivity contribution in [3.8, 4) is 0 Å². The van der Waals surface area contributed by atoms with Crippen LogP contribution in [0.15, 0.2) is 0 Å². The van der Waals surface area contributed by atoms with E-state index in [0.717, 1.165) is 0 Å². The first-order valence-corrected chi connectivity index (χ1v) is 5.25. The lowest BCUT2D eigenvalue weighted by molar-refractivity contribution is -0.139. The third kappa shape index (κ3) is 3.48. The Bertz CT molecular complexity index is 216. The molecule has 1 aliphatic heterocycles. The molecule has 0 saturated carbocycles. The molecule has 0 aromatic heterocycles. The molecule has 82 valence electrons. The van der Waals surface area contributed by atoms with Gasteiger partial charge in [-0.2, -0.15) is 0 Å². The van der Waals surface area contributed by atoms with Crippen LogP contribution in [-0.2, 0) is 9.59 Å². The quantitative estimate of drug-likeness (QED) is 0.607. The van der Waals surface area contributed by atoms with Crippen LogP contribution in [0.4, 0.5) is 0 Å². The van der Waals surface area contributed by atoms with Gasteiger partial charge in [0.15, 0.2) is 0 Å². The molecule has 0 aromatic carbocycles. The van der Waals surface area contributed by atoms with Crippen LogP contribution in [0.1, 0.15) is 47.5 Å². The molecule has 3 nitrogen and oxygen atoms in total. The van der Waals surface area contributed by atoms with E-state index in [2.05, 4.69) is 5.32 Å². The maximum absolute atomic E-state index is 11.3. The van der Waals surface area contributed by atoms with E-state index in [9.17, 15) is 9.59 Å². The zero-order chi connectivity index (χ0) is 11.4. The Hall–Kier alpha value is -0.860. The molecule has 0 aliphatic carbocycles. The van der Waals surface area contributed by atoms with Crippen molar-refractivity contribution in [1.82, 2.24) is 5.32 Å². The number of rotatable bonds is 0. The van der Waals surface area contributed by atoms with E-state index in [-0.39, 0.29) is 23.1 Å². The van der Waals surface area contributed by atoms with Crippen LogP contribution in [0.5, 0.6) is 0 Å². The van der Waals surface area contributed by atoms with Crippen LogP contribution in [0.2, 0.25) is 0 Å². The van der Waals surface area contributed by atoms with Crippen molar-refractivity contribution in [2.75, 3.05) is 0 Å². The molecule has 1 unspecified atom stereocenters. The van der Waals surface area contributed by atoms with E-state index < -0.39 is 0 Å². The molecule has 1 N–H and O–H groups in total. The van der Waals surface area contributed by atoms with Gasteiger partial charge in [-0.3, -0.25) is 14.9 Å². The van der Waals surface area contributed by atoms with Gasteiger partial charge >= 0.3 is 0 Å². The Labute approximate surface area is 86.3 Å². The molecule has 14 heavy (non-hydrogen) atoms. The van der Waals surface area contributed by atoms with Crippen molar-refractivity contribution in [1.29, 1.82) is 0 Å². The number of piperidine rings is 1. The zero-order valence-corrected chi connectivity index (χ0v) is 9.81. The number of hydrogen-bond donors (Lipinski definition) is 1. The lowest BCUT2D eigenvalue weighted by Gasteiger charge is -2.31. The summed E-state index contributed by atoms with van der Waals surface area (Å²) in [5.74, 6) is -0.269. The molecular formula is C11H21NO2. The van der Waals surface area contributed by atoms with Gasteiger partial charge in [-0.25, -0.2) is 0 Å². The Balaban J connectivity index is 0.000000791. The highest BCUT2D eigenvalue weighted by molar-refractivity contribution is 5.98. The summed E-state index contributed by atoms with van der Waals surface area (Å²) in [7, 11) is 0. The molecule has 0 spiro atoms. The summed E-state index contributed by atoms with van der Waals surface area (Å²) >= 11 is 0. The summed E-state index contributed by atoms with van der Waals surface area (Å²) in [4.78, 5) is 22.1. The summed E-state index contributed by atoms with van der Waals surface area (Å²) in [6.45, 7) is 10.1. The molecule has 1 rings (SSSR count). The van der Waals surface area contributed by atoms with E-state index in [1.165, 1.54) is 0 Å². The number of imide groups is 1. The standard InChI is InChI=1S/C9H15NO2.C2H6/c1-9(2,3)6-4-5-7(11)10-8(6)12;1-2/h6H,4-5H2,1-3H3,(H,10,11,12);1-2H3. The average Bonchev–Trinajstić information content (AvgIpc) is 2.05. The van der Waals surface area contributed by atoms with Crippen molar-refractivity contribution in [2.45, 2.75) is 47.5 Å². The van der Waals surface area contributed by atoms with E-state index in [1.807, 2.05) is 34.6 Å². The second-order valence-corrected chi connectivity index (χ2v) is 4.37.